The van der Waals surface area contributed by atoms with E-state index in [0.29, 0.717) is 22.2 Å². The summed E-state index contributed by atoms with van der Waals surface area (Å²) < 4.78 is 5.81. The van der Waals surface area contributed by atoms with Crippen molar-refractivity contribution in [3.63, 3.8) is 0 Å². The maximum atomic E-state index is 12.7. The molecule has 3 aromatic carbocycles. The van der Waals surface area contributed by atoms with Gasteiger partial charge >= 0.3 is 0 Å². The number of nitrogens with zero attached hydrogens (tertiary/aromatic N) is 1. The molecule has 6 heteroatoms. The molecular formula is C24H18ClNO3S. The number of aryl methyl sites for hydroxylation is 1. The first-order chi connectivity index (χ1) is 14.5. The van der Waals surface area contributed by atoms with Gasteiger partial charge in [-0.25, -0.2) is 4.90 Å². The van der Waals surface area contributed by atoms with Crippen LogP contribution in [0, 0.1) is 6.92 Å². The summed E-state index contributed by atoms with van der Waals surface area (Å²) in [5, 5.41) is 0.128. The zero-order chi connectivity index (χ0) is 21.1. The monoisotopic (exact) mass is 435 g/mol. The molecule has 0 radical (unpaired) electrons. The molecule has 0 unspecified atom stereocenters. The SMILES string of the molecule is Cc1ccc(COc2ccc(/C=C3\SC(=O)N(c4cccc(Cl)c4)C3=O)cc2)cc1. The second kappa shape index (κ2) is 8.78. The van der Waals surface area contributed by atoms with Crippen LogP contribution in [0.2, 0.25) is 5.02 Å². The van der Waals surface area contributed by atoms with E-state index >= 15 is 0 Å². The molecule has 0 bridgehead atoms. The lowest BCUT2D eigenvalue weighted by Crippen LogP contribution is -2.27. The van der Waals surface area contributed by atoms with Crippen LogP contribution in [-0.2, 0) is 11.4 Å². The summed E-state index contributed by atoms with van der Waals surface area (Å²) in [6.45, 7) is 2.53. The highest BCUT2D eigenvalue weighted by molar-refractivity contribution is 8.19. The summed E-state index contributed by atoms with van der Waals surface area (Å²) in [5.41, 5.74) is 3.59. The second-order valence-corrected chi connectivity index (χ2v) is 8.27. The van der Waals surface area contributed by atoms with Crippen LogP contribution >= 0.6 is 23.4 Å². The van der Waals surface area contributed by atoms with E-state index in [1.54, 1.807) is 30.3 Å². The number of amides is 2. The Morgan fingerprint density at radius 2 is 1.73 bits per heavy atom. The molecule has 1 aliphatic heterocycles. The van der Waals surface area contributed by atoms with Crippen molar-refractivity contribution in [2.75, 3.05) is 4.90 Å². The molecule has 150 valence electrons. The van der Waals surface area contributed by atoms with Gasteiger partial charge < -0.3 is 4.74 Å². The molecule has 4 nitrogen and oxygen atoms in total. The van der Waals surface area contributed by atoms with Crippen molar-refractivity contribution >= 4 is 46.3 Å². The first-order valence-electron chi connectivity index (χ1n) is 9.31. The molecule has 0 saturated carbocycles. The Morgan fingerprint density at radius 1 is 1.00 bits per heavy atom. The fourth-order valence-corrected chi connectivity index (χ4v) is 3.99. The minimum atomic E-state index is -0.355. The number of rotatable bonds is 5. The van der Waals surface area contributed by atoms with Crippen molar-refractivity contribution in [3.8, 4) is 5.75 Å². The number of hydrogen-bond acceptors (Lipinski definition) is 4. The Balaban J connectivity index is 1.45. The van der Waals surface area contributed by atoms with Crippen molar-refractivity contribution in [2.24, 2.45) is 0 Å². The van der Waals surface area contributed by atoms with Gasteiger partial charge in [0, 0.05) is 5.02 Å². The molecule has 0 atom stereocenters. The summed E-state index contributed by atoms with van der Waals surface area (Å²) in [4.78, 5) is 26.6. The Hall–Kier alpha value is -3.02. The van der Waals surface area contributed by atoms with E-state index in [9.17, 15) is 9.59 Å². The van der Waals surface area contributed by atoms with Gasteiger partial charge in [0.05, 0.1) is 10.6 Å². The van der Waals surface area contributed by atoms with Gasteiger partial charge in [0.2, 0.25) is 0 Å². The van der Waals surface area contributed by atoms with Gasteiger partial charge in [-0.05, 0) is 66.2 Å². The zero-order valence-corrected chi connectivity index (χ0v) is 17.7. The molecule has 0 aliphatic carbocycles. The van der Waals surface area contributed by atoms with Gasteiger partial charge in [-0.3, -0.25) is 9.59 Å². The number of benzene rings is 3. The quantitative estimate of drug-likeness (QED) is 0.431. The van der Waals surface area contributed by atoms with E-state index in [1.165, 1.54) is 5.56 Å². The van der Waals surface area contributed by atoms with Gasteiger partial charge in [-0.1, -0.05) is 59.6 Å². The number of halogens is 1. The van der Waals surface area contributed by atoms with Gasteiger partial charge in [0.1, 0.15) is 12.4 Å². The van der Waals surface area contributed by atoms with Gasteiger partial charge in [-0.15, -0.1) is 0 Å². The predicted octanol–water partition coefficient (Wildman–Crippen LogP) is 6.47. The zero-order valence-electron chi connectivity index (χ0n) is 16.2. The smallest absolute Gasteiger partial charge is 0.298 e. The van der Waals surface area contributed by atoms with Crippen LogP contribution in [-0.4, -0.2) is 11.1 Å². The van der Waals surface area contributed by atoms with Crippen LogP contribution in [0.5, 0.6) is 5.75 Å². The molecule has 4 rings (SSSR count). The highest BCUT2D eigenvalue weighted by Crippen LogP contribution is 2.36. The maximum Gasteiger partial charge on any atom is 0.298 e. The Kier molecular flexibility index (Phi) is 5.93. The molecule has 0 spiro atoms. The van der Waals surface area contributed by atoms with E-state index in [4.69, 9.17) is 16.3 Å². The highest BCUT2D eigenvalue weighted by Gasteiger charge is 2.36. The Labute approximate surface area is 184 Å². The highest BCUT2D eigenvalue weighted by atomic mass is 35.5. The van der Waals surface area contributed by atoms with Crippen molar-refractivity contribution in [2.45, 2.75) is 13.5 Å². The number of anilines is 1. The predicted molar refractivity (Wildman–Crippen MR) is 122 cm³/mol. The maximum absolute atomic E-state index is 12.7. The summed E-state index contributed by atoms with van der Waals surface area (Å²) >= 11 is 6.90. The molecule has 1 fully saturated rings. The van der Waals surface area contributed by atoms with Gasteiger partial charge in [0.15, 0.2) is 0 Å². The summed E-state index contributed by atoms with van der Waals surface area (Å²) in [6.07, 6.45) is 1.71. The van der Waals surface area contributed by atoms with E-state index in [0.717, 1.165) is 33.5 Å². The molecule has 1 saturated heterocycles. The van der Waals surface area contributed by atoms with Crippen LogP contribution < -0.4 is 9.64 Å². The van der Waals surface area contributed by atoms with Crippen molar-refractivity contribution < 1.29 is 14.3 Å². The van der Waals surface area contributed by atoms with Crippen molar-refractivity contribution in [1.29, 1.82) is 0 Å². The average molecular weight is 436 g/mol. The number of carbonyl (C=O) groups excluding carboxylic acids is 2. The molecular weight excluding hydrogens is 418 g/mol. The van der Waals surface area contributed by atoms with Gasteiger partial charge in [0.25, 0.3) is 11.1 Å². The van der Waals surface area contributed by atoms with E-state index in [-0.39, 0.29) is 11.1 Å². The average Bonchev–Trinajstić information content (AvgIpc) is 3.01. The lowest BCUT2D eigenvalue weighted by Gasteiger charge is -2.12. The standard InChI is InChI=1S/C24H18ClNO3S/c1-16-5-7-18(8-6-16)15-29-21-11-9-17(10-12-21)13-22-23(27)26(24(28)30-22)20-4-2-3-19(25)14-20/h2-14H,15H2,1H3/b22-13-. The van der Waals surface area contributed by atoms with Crippen LogP contribution in [0.25, 0.3) is 6.08 Å². The fraction of sp³-hybridized carbons (Fsp3) is 0.0833. The number of ether oxygens (including phenoxy) is 1. The lowest BCUT2D eigenvalue weighted by molar-refractivity contribution is -0.113. The summed E-state index contributed by atoms with van der Waals surface area (Å²) in [5.74, 6) is 0.381. The van der Waals surface area contributed by atoms with E-state index < -0.39 is 0 Å². The largest absolute Gasteiger partial charge is 0.489 e. The van der Waals surface area contributed by atoms with Crippen LogP contribution in [0.3, 0.4) is 0 Å². The van der Waals surface area contributed by atoms with Crippen LogP contribution in [0.15, 0.2) is 77.7 Å². The summed E-state index contributed by atoms with van der Waals surface area (Å²) in [6, 6.07) is 22.3. The molecule has 0 aromatic heterocycles. The molecule has 2 amide bonds. The minimum absolute atomic E-state index is 0.341. The first-order valence-corrected chi connectivity index (χ1v) is 10.5. The Bertz CT molecular complexity index is 1120. The van der Waals surface area contributed by atoms with Crippen molar-refractivity contribution in [1.82, 2.24) is 0 Å². The Morgan fingerprint density at radius 3 is 2.43 bits per heavy atom. The van der Waals surface area contributed by atoms with Crippen LogP contribution in [0.1, 0.15) is 16.7 Å². The third kappa shape index (κ3) is 4.58. The summed E-state index contributed by atoms with van der Waals surface area (Å²) in [7, 11) is 0. The number of carbonyl (C=O) groups is 2. The molecule has 0 N–H and O–H groups in total. The first kappa shape index (κ1) is 20.3. The fourth-order valence-electron chi connectivity index (χ4n) is 2.97. The van der Waals surface area contributed by atoms with Crippen LogP contribution in [0.4, 0.5) is 10.5 Å². The van der Waals surface area contributed by atoms with Crippen molar-refractivity contribution in [3.05, 3.63) is 99.4 Å². The topological polar surface area (TPSA) is 46.6 Å². The minimum Gasteiger partial charge on any atom is -0.489 e. The molecule has 1 heterocycles. The van der Waals surface area contributed by atoms with E-state index in [2.05, 4.69) is 12.1 Å². The van der Waals surface area contributed by atoms with Gasteiger partial charge in [-0.2, -0.15) is 0 Å². The number of imide groups is 1. The molecule has 30 heavy (non-hydrogen) atoms. The number of thioether (sulfide) groups is 1. The molecule has 1 aliphatic rings. The third-order valence-corrected chi connectivity index (χ3v) is 5.67. The third-order valence-electron chi connectivity index (χ3n) is 4.56. The van der Waals surface area contributed by atoms with E-state index in [1.807, 2.05) is 43.3 Å². The second-order valence-electron chi connectivity index (χ2n) is 6.84. The lowest BCUT2D eigenvalue weighted by atomic mass is 10.1. The normalized spacial score (nSPS) is 15.1. The number of hydrogen-bond donors (Lipinski definition) is 0. The molecule has 3 aromatic rings.